The van der Waals surface area contributed by atoms with Crippen molar-refractivity contribution >= 4 is 6.03 Å². The van der Waals surface area contributed by atoms with Crippen LogP contribution in [0.3, 0.4) is 0 Å². The van der Waals surface area contributed by atoms with Gasteiger partial charge in [-0.25, -0.2) is 13.6 Å². The molecule has 2 atom stereocenters. The number of benzene rings is 1. The summed E-state index contributed by atoms with van der Waals surface area (Å²) in [4.78, 5) is 17.9. The average molecular weight is 377 g/mol. The zero-order valence-corrected chi connectivity index (χ0v) is 14.8. The Labute approximate surface area is 156 Å². The zero-order chi connectivity index (χ0) is 19.3. The van der Waals surface area contributed by atoms with Crippen LogP contribution in [-0.4, -0.2) is 54.7 Å². The van der Waals surface area contributed by atoms with Gasteiger partial charge in [-0.15, -0.1) is 0 Å². The molecule has 2 aromatic rings. The molecule has 0 bridgehead atoms. The van der Waals surface area contributed by atoms with E-state index in [1.54, 1.807) is 43.7 Å². The average Bonchev–Trinajstić information content (AvgIpc) is 3.01. The van der Waals surface area contributed by atoms with Crippen LogP contribution in [-0.2, 0) is 4.74 Å². The van der Waals surface area contributed by atoms with Gasteiger partial charge in [-0.3, -0.25) is 4.98 Å². The Morgan fingerprint density at radius 1 is 1.33 bits per heavy atom. The molecule has 144 valence electrons. The molecule has 1 N–H and O–H groups in total. The van der Waals surface area contributed by atoms with Gasteiger partial charge in [0.05, 0.1) is 12.6 Å². The largest absolute Gasteiger partial charge is 0.491 e. The van der Waals surface area contributed by atoms with Crippen molar-refractivity contribution in [1.82, 2.24) is 15.2 Å². The van der Waals surface area contributed by atoms with Gasteiger partial charge in [0.15, 0.2) is 0 Å². The van der Waals surface area contributed by atoms with Crippen molar-refractivity contribution < 1.29 is 23.0 Å². The third kappa shape index (κ3) is 4.71. The van der Waals surface area contributed by atoms with Crippen molar-refractivity contribution in [3.8, 4) is 5.75 Å². The summed E-state index contributed by atoms with van der Waals surface area (Å²) in [6.07, 6.45) is 3.21. The second-order valence-electron chi connectivity index (χ2n) is 6.31. The summed E-state index contributed by atoms with van der Waals surface area (Å²) in [6.45, 7) is -0.741. The summed E-state index contributed by atoms with van der Waals surface area (Å²) in [7, 11) is 1.54. The molecule has 0 spiro atoms. The molecule has 6 nitrogen and oxygen atoms in total. The highest BCUT2D eigenvalue weighted by molar-refractivity contribution is 5.75. The van der Waals surface area contributed by atoms with Crippen molar-refractivity contribution in [2.75, 3.05) is 26.9 Å². The summed E-state index contributed by atoms with van der Waals surface area (Å²) in [5.41, 5.74) is 0.785. The summed E-state index contributed by atoms with van der Waals surface area (Å²) in [5.74, 6) is -2.43. The van der Waals surface area contributed by atoms with Crippen LogP contribution in [0.15, 0.2) is 54.9 Å². The maximum Gasteiger partial charge on any atom is 0.318 e. The van der Waals surface area contributed by atoms with E-state index in [1.807, 2.05) is 18.2 Å². The normalized spacial score (nSPS) is 19.3. The SMILES string of the molecule is CN(C(=O)N[C@@H]1COCC1(F)F)[C@H](COc1ccccc1)c1ccncc1. The molecule has 8 heteroatoms. The lowest BCUT2D eigenvalue weighted by Gasteiger charge is -2.30. The minimum Gasteiger partial charge on any atom is -0.491 e. The van der Waals surface area contributed by atoms with Gasteiger partial charge in [0.25, 0.3) is 5.92 Å². The van der Waals surface area contributed by atoms with Crippen LogP contribution in [0.5, 0.6) is 5.75 Å². The van der Waals surface area contributed by atoms with Gasteiger partial charge in [-0.2, -0.15) is 0 Å². The molecular weight excluding hydrogens is 356 g/mol. The lowest BCUT2D eigenvalue weighted by atomic mass is 10.1. The molecule has 0 radical (unpaired) electrons. The summed E-state index contributed by atoms with van der Waals surface area (Å²) < 4.78 is 38.0. The van der Waals surface area contributed by atoms with Crippen LogP contribution < -0.4 is 10.1 Å². The van der Waals surface area contributed by atoms with E-state index >= 15 is 0 Å². The standard InChI is InChI=1S/C19H21F2N3O3/c1-24(18(25)23-17-12-26-13-19(17,20)21)16(14-7-9-22-10-8-14)11-27-15-5-3-2-4-6-15/h2-10,16-17H,11-13H2,1H3,(H,23,25)/t16-,17-/m1/s1. The minimum absolute atomic E-state index is 0.162. The smallest absolute Gasteiger partial charge is 0.318 e. The Kier molecular flexibility index (Phi) is 5.85. The summed E-state index contributed by atoms with van der Waals surface area (Å²) >= 11 is 0. The first-order valence-electron chi connectivity index (χ1n) is 8.54. The third-order valence-electron chi connectivity index (χ3n) is 4.42. The van der Waals surface area contributed by atoms with E-state index in [1.165, 1.54) is 4.90 Å². The van der Waals surface area contributed by atoms with E-state index in [-0.39, 0.29) is 13.2 Å². The lowest BCUT2D eigenvalue weighted by Crippen LogP contribution is -2.51. The number of amides is 2. The Hall–Kier alpha value is -2.74. The first kappa shape index (κ1) is 19.0. The first-order valence-corrected chi connectivity index (χ1v) is 8.54. The molecule has 27 heavy (non-hydrogen) atoms. The van der Waals surface area contributed by atoms with Gasteiger partial charge in [0, 0.05) is 19.4 Å². The van der Waals surface area contributed by atoms with Gasteiger partial charge < -0.3 is 19.7 Å². The second kappa shape index (κ2) is 8.30. The summed E-state index contributed by atoms with van der Waals surface area (Å²) in [5, 5.41) is 2.36. The lowest BCUT2D eigenvalue weighted by molar-refractivity contribution is -0.0225. The molecule has 2 amide bonds. The van der Waals surface area contributed by atoms with E-state index in [0.29, 0.717) is 5.75 Å². The van der Waals surface area contributed by atoms with Crippen LogP contribution in [0.2, 0.25) is 0 Å². The van der Waals surface area contributed by atoms with E-state index in [9.17, 15) is 13.6 Å². The molecule has 0 aliphatic carbocycles. The van der Waals surface area contributed by atoms with Crippen molar-refractivity contribution in [2.24, 2.45) is 0 Å². The number of nitrogens with one attached hydrogen (secondary N) is 1. The van der Waals surface area contributed by atoms with Crippen LogP contribution in [0.1, 0.15) is 11.6 Å². The number of hydrogen-bond donors (Lipinski definition) is 1. The molecule has 1 aromatic heterocycles. The Balaban J connectivity index is 1.72. The van der Waals surface area contributed by atoms with Crippen LogP contribution in [0, 0.1) is 0 Å². The number of pyridine rings is 1. The van der Waals surface area contributed by atoms with Crippen LogP contribution in [0.25, 0.3) is 0 Å². The topological polar surface area (TPSA) is 63.7 Å². The highest BCUT2D eigenvalue weighted by atomic mass is 19.3. The fourth-order valence-corrected chi connectivity index (χ4v) is 2.78. The number of likely N-dealkylation sites (N-methyl/N-ethyl adjacent to an activating group) is 1. The predicted octanol–water partition coefficient (Wildman–Crippen LogP) is 2.88. The number of hydrogen-bond acceptors (Lipinski definition) is 4. The number of aromatic nitrogens is 1. The molecule has 1 aromatic carbocycles. The fourth-order valence-electron chi connectivity index (χ4n) is 2.78. The molecular formula is C19H21F2N3O3. The Bertz CT molecular complexity index is 746. The molecule has 0 unspecified atom stereocenters. The van der Waals surface area contributed by atoms with Crippen molar-refractivity contribution in [3.05, 3.63) is 60.4 Å². The van der Waals surface area contributed by atoms with Crippen molar-refractivity contribution in [3.63, 3.8) is 0 Å². The van der Waals surface area contributed by atoms with E-state index in [4.69, 9.17) is 9.47 Å². The Morgan fingerprint density at radius 2 is 2.04 bits per heavy atom. The van der Waals surface area contributed by atoms with E-state index in [0.717, 1.165) is 5.56 Å². The molecule has 1 saturated heterocycles. The highest BCUT2D eigenvalue weighted by Crippen LogP contribution is 2.26. The maximum atomic E-state index is 13.7. The highest BCUT2D eigenvalue weighted by Gasteiger charge is 2.46. The number of halogens is 2. The number of nitrogens with zero attached hydrogens (tertiary/aromatic N) is 2. The fraction of sp³-hybridized carbons (Fsp3) is 0.368. The number of para-hydroxylation sites is 1. The minimum atomic E-state index is -3.08. The van der Waals surface area contributed by atoms with Crippen molar-refractivity contribution in [2.45, 2.75) is 18.0 Å². The Morgan fingerprint density at radius 3 is 2.67 bits per heavy atom. The van der Waals surface area contributed by atoms with E-state index in [2.05, 4.69) is 10.3 Å². The number of alkyl halides is 2. The molecule has 1 aliphatic rings. The molecule has 1 fully saturated rings. The van der Waals surface area contributed by atoms with Crippen LogP contribution >= 0.6 is 0 Å². The number of carbonyl (C=O) groups is 1. The van der Waals surface area contributed by atoms with Crippen LogP contribution in [0.4, 0.5) is 13.6 Å². The van der Waals surface area contributed by atoms with Gasteiger partial charge in [-0.05, 0) is 29.8 Å². The third-order valence-corrected chi connectivity index (χ3v) is 4.42. The zero-order valence-electron chi connectivity index (χ0n) is 14.8. The monoisotopic (exact) mass is 377 g/mol. The summed E-state index contributed by atoms with van der Waals surface area (Å²) in [6, 6.07) is 10.2. The number of rotatable bonds is 6. The second-order valence-corrected chi connectivity index (χ2v) is 6.31. The number of carbonyl (C=O) groups excluding carboxylic acids is 1. The molecule has 3 rings (SSSR count). The van der Waals surface area contributed by atoms with E-state index < -0.39 is 30.6 Å². The first-order chi connectivity index (χ1) is 13.0. The van der Waals surface area contributed by atoms with Gasteiger partial charge in [-0.1, -0.05) is 18.2 Å². The van der Waals surface area contributed by atoms with Crippen molar-refractivity contribution in [1.29, 1.82) is 0 Å². The van der Waals surface area contributed by atoms with Gasteiger partial charge >= 0.3 is 6.03 Å². The number of urea groups is 1. The molecule has 2 heterocycles. The maximum absolute atomic E-state index is 13.7. The predicted molar refractivity (Wildman–Crippen MR) is 94.8 cm³/mol. The van der Waals surface area contributed by atoms with Gasteiger partial charge in [0.2, 0.25) is 0 Å². The molecule has 1 aliphatic heterocycles. The quantitative estimate of drug-likeness (QED) is 0.841. The van der Waals surface area contributed by atoms with Gasteiger partial charge in [0.1, 0.15) is 25.0 Å². The molecule has 0 saturated carbocycles. The number of ether oxygens (including phenoxy) is 2.